The van der Waals surface area contributed by atoms with Gasteiger partial charge in [-0.2, -0.15) is 5.10 Å². The van der Waals surface area contributed by atoms with Gasteiger partial charge in [-0.1, -0.05) is 41.9 Å². The Labute approximate surface area is 168 Å². The van der Waals surface area contributed by atoms with Gasteiger partial charge in [0.25, 0.3) is 5.91 Å². The Hall–Kier alpha value is -2.77. The number of aromatic nitrogens is 4. The van der Waals surface area contributed by atoms with Gasteiger partial charge in [0.1, 0.15) is 5.69 Å². The van der Waals surface area contributed by atoms with E-state index >= 15 is 0 Å². The van der Waals surface area contributed by atoms with Crippen LogP contribution in [0.5, 0.6) is 0 Å². The molecule has 2 heterocycles. The van der Waals surface area contributed by atoms with Crippen molar-refractivity contribution in [3.8, 4) is 11.3 Å². The molecule has 134 valence electrons. The Kier molecular flexibility index (Phi) is 4.63. The number of amides is 1. The standard InChI is InChI=1S/C19H13BrClN5O/c1-11-16(19(27)22-14-5-3-2-4-6-14)23-24-18-15(20)17(25-26(11)18)12-7-9-13(21)10-8-12/h2-10H,1H3,(H,22,27). The maximum atomic E-state index is 12.6. The molecule has 0 radical (unpaired) electrons. The van der Waals surface area contributed by atoms with E-state index in [4.69, 9.17) is 11.6 Å². The molecule has 27 heavy (non-hydrogen) atoms. The minimum absolute atomic E-state index is 0.212. The second kappa shape index (κ2) is 7.09. The Bertz CT molecular complexity index is 1140. The number of carbonyl (C=O) groups excluding carboxylic acids is 1. The summed E-state index contributed by atoms with van der Waals surface area (Å²) in [5, 5.41) is 16.4. The third-order valence-electron chi connectivity index (χ3n) is 4.07. The van der Waals surface area contributed by atoms with Crippen LogP contribution in [0.3, 0.4) is 0 Å². The Balaban J connectivity index is 1.76. The van der Waals surface area contributed by atoms with Crippen LogP contribution in [0.25, 0.3) is 16.9 Å². The third kappa shape index (κ3) is 3.31. The van der Waals surface area contributed by atoms with Gasteiger partial charge >= 0.3 is 0 Å². The van der Waals surface area contributed by atoms with Gasteiger partial charge in [-0.3, -0.25) is 4.79 Å². The predicted octanol–water partition coefficient (Wildman–Crippen LogP) is 4.77. The number of nitrogens with one attached hydrogen (secondary N) is 1. The fraction of sp³-hybridized carbons (Fsp3) is 0.0526. The summed E-state index contributed by atoms with van der Waals surface area (Å²) >= 11 is 9.50. The molecule has 0 atom stereocenters. The van der Waals surface area contributed by atoms with Crippen LogP contribution in [0.4, 0.5) is 5.69 Å². The van der Waals surface area contributed by atoms with Crippen molar-refractivity contribution in [1.29, 1.82) is 0 Å². The second-order valence-corrected chi connectivity index (χ2v) is 7.09. The van der Waals surface area contributed by atoms with Crippen LogP contribution in [0.1, 0.15) is 16.2 Å². The van der Waals surface area contributed by atoms with E-state index in [-0.39, 0.29) is 11.6 Å². The van der Waals surface area contributed by atoms with Crippen molar-refractivity contribution < 1.29 is 4.79 Å². The largest absolute Gasteiger partial charge is 0.321 e. The van der Waals surface area contributed by atoms with Crippen LogP contribution in [0.2, 0.25) is 5.02 Å². The molecule has 1 amide bonds. The lowest BCUT2D eigenvalue weighted by Crippen LogP contribution is -2.18. The molecule has 0 saturated heterocycles. The summed E-state index contributed by atoms with van der Waals surface area (Å²) in [6.07, 6.45) is 0. The van der Waals surface area contributed by atoms with Crippen LogP contribution in [-0.4, -0.2) is 25.7 Å². The molecule has 6 nitrogen and oxygen atoms in total. The van der Waals surface area contributed by atoms with Crippen molar-refractivity contribution in [2.24, 2.45) is 0 Å². The van der Waals surface area contributed by atoms with Crippen molar-refractivity contribution in [1.82, 2.24) is 19.8 Å². The smallest absolute Gasteiger partial charge is 0.278 e. The minimum atomic E-state index is -0.340. The number of hydrogen-bond acceptors (Lipinski definition) is 4. The second-order valence-electron chi connectivity index (χ2n) is 5.86. The first kappa shape index (κ1) is 17.6. The van der Waals surface area contributed by atoms with E-state index in [0.717, 1.165) is 5.56 Å². The van der Waals surface area contributed by atoms with Gasteiger partial charge < -0.3 is 5.32 Å². The Morgan fingerprint density at radius 2 is 1.78 bits per heavy atom. The summed E-state index contributed by atoms with van der Waals surface area (Å²) in [5.41, 5.74) is 3.61. The molecule has 0 aliphatic heterocycles. The summed E-state index contributed by atoms with van der Waals surface area (Å²) in [5.74, 6) is -0.340. The average Bonchev–Trinajstić information content (AvgIpc) is 3.01. The number of nitrogens with zero attached hydrogens (tertiary/aromatic N) is 4. The van der Waals surface area contributed by atoms with Crippen LogP contribution in [0.15, 0.2) is 59.1 Å². The maximum Gasteiger partial charge on any atom is 0.278 e. The molecule has 0 bridgehead atoms. The molecule has 0 aliphatic carbocycles. The van der Waals surface area contributed by atoms with Crippen LogP contribution >= 0.6 is 27.5 Å². The van der Waals surface area contributed by atoms with Crippen LogP contribution < -0.4 is 5.32 Å². The average molecular weight is 443 g/mol. The van der Waals surface area contributed by atoms with E-state index in [1.165, 1.54) is 0 Å². The molecule has 4 rings (SSSR count). The van der Waals surface area contributed by atoms with E-state index in [1.54, 1.807) is 23.6 Å². The van der Waals surface area contributed by atoms with Gasteiger partial charge in [0, 0.05) is 16.3 Å². The number of anilines is 1. The molecule has 0 unspecified atom stereocenters. The van der Waals surface area contributed by atoms with Crippen molar-refractivity contribution in [2.45, 2.75) is 6.92 Å². The fourth-order valence-corrected chi connectivity index (χ4v) is 3.38. The van der Waals surface area contributed by atoms with E-state index in [2.05, 4.69) is 36.5 Å². The number of rotatable bonds is 3. The van der Waals surface area contributed by atoms with Gasteiger partial charge in [0.05, 0.1) is 10.2 Å². The number of carbonyl (C=O) groups is 1. The molecule has 1 N–H and O–H groups in total. The van der Waals surface area contributed by atoms with Gasteiger partial charge in [0.2, 0.25) is 0 Å². The zero-order valence-corrected chi connectivity index (χ0v) is 16.5. The Morgan fingerprint density at radius 1 is 1.07 bits per heavy atom. The third-order valence-corrected chi connectivity index (χ3v) is 5.06. The molecule has 0 fully saturated rings. The van der Waals surface area contributed by atoms with Crippen molar-refractivity contribution in [2.75, 3.05) is 5.32 Å². The highest BCUT2D eigenvalue weighted by Crippen LogP contribution is 2.31. The molecule has 0 aliphatic rings. The first-order chi connectivity index (χ1) is 13.0. The quantitative estimate of drug-likeness (QED) is 0.496. The molecular weight excluding hydrogens is 430 g/mol. The maximum absolute atomic E-state index is 12.6. The SMILES string of the molecule is Cc1c(C(=O)Nc2ccccc2)nnc2c(Br)c(-c3ccc(Cl)cc3)nn12. The number of fused-ring (bicyclic) bond motifs is 1. The topological polar surface area (TPSA) is 72.2 Å². The summed E-state index contributed by atoms with van der Waals surface area (Å²) in [6, 6.07) is 16.5. The van der Waals surface area contributed by atoms with Gasteiger partial charge in [-0.25, -0.2) is 4.52 Å². The summed E-state index contributed by atoms with van der Waals surface area (Å²) < 4.78 is 2.32. The van der Waals surface area contributed by atoms with Crippen molar-refractivity contribution >= 4 is 44.8 Å². The van der Waals surface area contributed by atoms with Gasteiger partial charge in [-0.15, -0.1) is 10.2 Å². The lowest BCUT2D eigenvalue weighted by Gasteiger charge is -2.07. The number of aryl methyl sites for hydroxylation is 1. The molecule has 2 aromatic carbocycles. The highest BCUT2D eigenvalue weighted by Gasteiger charge is 2.20. The monoisotopic (exact) mass is 441 g/mol. The predicted molar refractivity (Wildman–Crippen MR) is 108 cm³/mol. The van der Waals surface area contributed by atoms with Crippen LogP contribution in [0, 0.1) is 6.92 Å². The molecule has 2 aromatic heterocycles. The first-order valence-electron chi connectivity index (χ1n) is 8.08. The molecule has 4 aromatic rings. The van der Waals surface area contributed by atoms with E-state index < -0.39 is 0 Å². The summed E-state index contributed by atoms with van der Waals surface area (Å²) in [7, 11) is 0. The normalized spacial score (nSPS) is 10.9. The highest BCUT2D eigenvalue weighted by molar-refractivity contribution is 9.10. The molecular formula is C19H13BrClN5O. The van der Waals surface area contributed by atoms with Gasteiger partial charge in [0.15, 0.2) is 11.3 Å². The highest BCUT2D eigenvalue weighted by atomic mass is 79.9. The molecule has 8 heteroatoms. The lowest BCUT2D eigenvalue weighted by molar-refractivity contribution is 0.102. The number of para-hydroxylation sites is 1. The van der Waals surface area contributed by atoms with E-state index in [9.17, 15) is 4.79 Å². The summed E-state index contributed by atoms with van der Waals surface area (Å²) in [6.45, 7) is 1.78. The zero-order chi connectivity index (χ0) is 19.0. The van der Waals surface area contributed by atoms with Crippen LogP contribution in [-0.2, 0) is 0 Å². The van der Waals surface area contributed by atoms with Crippen molar-refractivity contribution in [3.63, 3.8) is 0 Å². The van der Waals surface area contributed by atoms with Gasteiger partial charge in [-0.05, 0) is 47.1 Å². The Morgan fingerprint density at radius 3 is 2.48 bits per heavy atom. The summed E-state index contributed by atoms with van der Waals surface area (Å²) in [4.78, 5) is 12.6. The molecule has 0 saturated carbocycles. The number of benzene rings is 2. The minimum Gasteiger partial charge on any atom is -0.321 e. The zero-order valence-electron chi connectivity index (χ0n) is 14.1. The lowest BCUT2D eigenvalue weighted by atomic mass is 10.2. The van der Waals surface area contributed by atoms with E-state index in [0.29, 0.717) is 32.2 Å². The number of hydrogen-bond donors (Lipinski definition) is 1. The molecule has 0 spiro atoms. The fourth-order valence-electron chi connectivity index (χ4n) is 2.69. The number of halogens is 2. The van der Waals surface area contributed by atoms with Crippen molar-refractivity contribution in [3.05, 3.63) is 75.5 Å². The van der Waals surface area contributed by atoms with E-state index in [1.807, 2.05) is 42.5 Å². The first-order valence-corrected chi connectivity index (χ1v) is 9.25.